The Morgan fingerprint density at radius 2 is 2.31 bits per heavy atom. The maximum absolute atomic E-state index is 11.4. The smallest absolute Gasteiger partial charge is 0.324 e. The molecule has 0 radical (unpaired) electrons. The van der Waals surface area contributed by atoms with E-state index in [1.807, 2.05) is 6.92 Å². The van der Waals surface area contributed by atoms with E-state index >= 15 is 0 Å². The van der Waals surface area contributed by atoms with Crippen LogP contribution in [0.25, 0.3) is 0 Å². The lowest BCUT2D eigenvalue weighted by Gasteiger charge is -2.52. The van der Waals surface area contributed by atoms with E-state index in [9.17, 15) is 13.2 Å². The molecular formula is C9H14ClNO4S. The topological polar surface area (TPSA) is 63.7 Å². The van der Waals surface area contributed by atoms with Gasteiger partial charge in [0.2, 0.25) is 5.91 Å². The van der Waals surface area contributed by atoms with E-state index in [0.29, 0.717) is 19.4 Å². The second-order valence-electron chi connectivity index (χ2n) is 4.36. The van der Waals surface area contributed by atoms with E-state index in [1.54, 1.807) is 0 Å². The highest BCUT2D eigenvalue weighted by Gasteiger charge is 2.58. The first-order valence-electron chi connectivity index (χ1n) is 5.28. The Morgan fingerprint density at radius 3 is 2.81 bits per heavy atom. The fourth-order valence-electron chi connectivity index (χ4n) is 2.56. The van der Waals surface area contributed by atoms with Crippen molar-refractivity contribution in [1.82, 2.24) is 4.31 Å². The molecule has 2 rings (SSSR count). The molecule has 2 heterocycles. The highest BCUT2D eigenvalue weighted by molar-refractivity contribution is 8.12. The van der Waals surface area contributed by atoms with Crippen LogP contribution in [0.15, 0.2) is 0 Å². The Bertz CT molecular complexity index is 410. The zero-order chi connectivity index (χ0) is 12.0. The lowest BCUT2D eigenvalue weighted by Crippen LogP contribution is -2.67. The molecule has 1 amide bonds. The van der Waals surface area contributed by atoms with Crippen LogP contribution in [0.4, 0.5) is 0 Å². The summed E-state index contributed by atoms with van der Waals surface area (Å²) in [6, 6.07) is 0. The van der Waals surface area contributed by atoms with Crippen molar-refractivity contribution >= 4 is 25.8 Å². The molecule has 0 N–H and O–H groups in total. The Balaban J connectivity index is 2.23. The van der Waals surface area contributed by atoms with E-state index in [0.717, 1.165) is 10.7 Å². The SMILES string of the molecule is CCC1CC2(CCO1)CC(=O)N2S(=O)(=O)Cl. The Labute approximate surface area is 99.2 Å². The van der Waals surface area contributed by atoms with E-state index in [4.69, 9.17) is 15.4 Å². The van der Waals surface area contributed by atoms with Gasteiger partial charge < -0.3 is 4.74 Å². The van der Waals surface area contributed by atoms with Crippen molar-refractivity contribution in [3.05, 3.63) is 0 Å². The van der Waals surface area contributed by atoms with Crippen molar-refractivity contribution in [3.8, 4) is 0 Å². The normalized spacial score (nSPS) is 35.2. The van der Waals surface area contributed by atoms with Crippen molar-refractivity contribution in [2.75, 3.05) is 6.61 Å². The van der Waals surface area contributed by atoms with Crippen molar-refractivity contribution in [1.29, 1.82) is 0 Å². The summed E-state index contributed by atoms with van der Waals surface area (Å²) in [6.45, 7) is 2.46. The van der Waals surface area contributed by atoms with E-state index in [-0.39, 0.29) is 12.5 Å². The molecule has 7 heteroatoms. The molecule has 0 bridgehead atoms. The molecule has 2 fully saturated rings. The number of β-lactam (4-membered cyclic amide) rings is 1. The van der Waals surface area contributed by atoms with Gasteiger partial charge in [0.25, 0.3) is 0 Å². The maximum atomic E-state index is 11.4. The van der Waals surface area contributed by atoms with Gasteiger partial charge in [-0.15, -0.1) is 0 Å². The van der Waals surface area contributed by atoms with Gasteiger partial charge in [-0.2, -0.15) is 8.42 Å². The number of ether oxygens (including phenoxy) is 1. The predicted molar refractivity (Wildman–Crippen MR) is 58.2 cm³/mol. The number of nitrogens with zero attached hydrogens (tertiary/aromatic N) is 1. The molecule has 2 unspecified atom stereocenters. The summed E-state index contributed by atoms with van der Waals surface area (Å²) >= 11 is 0. The minimum Gasteiger partial charge on any atom is -0.378 e. The molecule has 16 heavy (non-hydrogen) atoms. The quantitative estimate of drug-likeness (QED) is 0.554. The molecule has 5 nitrogen and oxygen atoms in total. The highest BCUT2D eigenvalue weighted by atomic mass is 35.7. The Kier molecular flexibility index (Phi) is 2.92. The van der Waals surface area contributed by atoms with Gasteiger partial charge in [-0.1, -0.05) is 6.92 Å². The molecule has 1 spiro atoms. The monoisotopic (exact) mass is 267 g/mol. The third kappa shape index (κ3) is 1.83. The Morgan fingerprint density at radius 1 is 1.62 bits per heavy atom. The number of hydrogen-bond acceptors (Lipinski definition) is 4. The van der Waals surface area contributed by atoms with Gasteiger partial charge in [-0.25, -0.2) is 4.31 Å². The second kappa shape index (κ2) is 3.85. The molecule has 0 aromatic heterocycles. The lowest BCUT2D eigenvalue weighted by molar-refractivity contribution is -0.156. The molecule has 2 aliphatic rings. The molecule has 0 saturated carbocycles. The molecule has 2 saturated heterocycles. The molecule has 0 aromatic rings. The summed E-state index contributed by atoms with van der Waals surface area (Å²) in [6.07, 6.45) is 2.19. The van der Waals surface area contributed by atoms with Crippen LogP contribution in [0.3, 0.4) is 0 Å². The predicted octanol–water partition coefficient (Wildman–Crippen LogP) is 1.03. The van der Waals surface area contributed by atoms with Gasteiger partial charge in [0.15, 0.2) is 0 Å². The zero-order valence-corrected chi connectivity index (χ0v) is 10.6. The fourth-order valence-corrected chi connectivity index (χ4v) is 4.23. The summed E-state index contributed by atoms with van der Waals surface area (Å²) in [5.41, 5.74) is -0.614. The first-order valence-corrected chi connectivity index (χ1v) is 7.55. The highest BCUT2D eigenvalue weighted by Crippen LogP contribution is 2.45. The fraction of sp³-hybridized carbons (Fsp3) is 0.889. The minimum atomic E-state index is -3.95. The number of carbonyl (C=O) groups is 1. The molecule has 92 valence electrons. The average Bonchev–Trinajstić information content (AvgIpc) is 2.14. The van der Waals surface area contributed by atoms with Crippen molar-refractivity contribution in [2.45, 2.75) is 44.2 Å². The third-order valence-corrected chi connectivity index (χ3v) is 4.78. The summed E-state index contributed by atoms with van der Waals surface area (Å²) in [5.74, 6) is -0.410. The Hall–Kier alpha value is -0.330. The summed E-state index contributed by atoms with van der Waals surface area (Å²) < 4.78 is 29.0. The molecule has 2 aliphatic heterocycles. The van der Waals surface area contributed by atoms with Gasteiger partial charge in [-0.05, 0) is 19.3 Å². The number of amides is 1. The van der Waals surface area contributed by atoms with E-state index in [2.05, 4.69) is 0 Å². The summed E-state index contributed by atoms with van der Waals surface area (Å²) in [5, 5.41) is 0. The molecule has 0 aliphatic carbocycles. The van der Waals surface area contributed by atoms with Gasteiger partial charge >= 0.3 is 9.24 Å². The number of hydrogen-bond donors (Lipinski definition) is 0. The lowest BCUT2D eigenvalue weighted by atomic mass is 9.77. The first kappa shape index (κ1) is 12.1. The van der Waals surface area contributed by atoms with Crippen LogP contribution < -0.4 is 0 Å². The number of carbonyl (C=O) groups excluding carboxylic acids is 1. The van der Waals surface area contributed by atoms with Crippen LogP contribution in [0.2, 0.25) is 0 Å². The van der Waals surface area contributed by atoms with E-state index < -0.39 is 20.7 Å². The van der Waals surface area contributed by atoms with Gasteiger partial charge in [-0.3, -0.25) is 4.79 Å². The summed E-state index contributed by atoms with van der Waals surface area (Å²) in [7, 11) is 1.33. The maximum Gasteiger partial charge on any atom is 0.324 e. The minimum absolute atomic E-state index is 0.0165. The van der Waals surface area contributed by atoms with Gasteiger partial charge in [0.05, 0.1) is 18.1 Å². The van der Waals surface area contributed by atoms with E-state index in [1.165, 1.54) is 0 Å². The standard InChI is InChI=1S/C9H14ClNO4S/c1-2-7-5-9(3-4-15-7)6-8(12)11(9)16(10,13)14/h7H,2-6H2,1H3. The van der Waals surface area contributed by atoms with Crippen LogP contribution in [0, 0.1) is 0 Å². The number of rotatable bonds is 2. The second-order valence-corrected chi connectivity index (χ2v) is 6.72. The molecular weight excluding hydrogens is 254 g/mol. The third-order valence-electron chi connectivity index (χ3n) is 3.34. The van der Waals surface area contributed by atoms with Crippen LogP contribution in [-0.4, -0.2) is 36.9 Å². The van der Waals surface area contributed by atoms with Crippen LogP contribution in [0.5, 0.6) is 0 Å². The largest absolute Gasteiger partial charge is 0.378 e. The van der Waals surface area contributed by atoms with Crippen molar-refractivity contribution in [2.24, 2.45) is 0 Å². The molecule has 0 aromatic carbocycles. The van der Waals surface area contributed by atoms with Crippen molar-refractivity contribution in [3.63, 3.8) is 0 Å². The van der Waals surface area contributed by atoms with Gasteiger partial charge in [0.1, 0.15) is 0 Å². The van der Waals surface area contributed by atoms with Gasteiger partial charge in [0, 0.05) is 17.3 Å². The molecule has 2 atom stereocenters. The zero-order valence-electron chi connectivity index (χ0n) is 8.98. The van der Waals surface area contributed by atoms with Crippen LogP contribution in [-0.2, 0) is 18.8 Å². The van der Waals surface area contributed by atoms with Crippen molar-refractivity contribution < 1.29 is 17.9 Å². The van der Waals surface area contributed by atoms with Crippen LogP contribution >= 0.6 is 10.7 Å². The average molecular weight is 268 g/mol. The summed E-state index contributed by atoms with van der Waals surface area (Å²) in [4.78, 5) is 11.4. The van der Waals surface area contributed by atoms with Crippen LogP contribution in [0.1, 0.15) is 32.6 Å². The number of halogens is 1. The first-order chi connectivity index (χ1) is 7.39.